The fourth-order valence-electron chi connectivity index (χ4n) is 2.58. The first-order valence-electron chi connectivity index (χ1n) is 7.22. The summed E-state index contributed by atoms with van der Waals surface area (Å²) in [5.74, 6) is 7.40. The molecule has 0 radical (unpaired) electrons. The van der Waals surface area contributed by atoms with Crippen molar-refractivity contribution < 1.29 is 9.84 Å². The van der Waals surface area contributed by atoms with Crippen LogP contribution in [0.3, 0.4) is 0 Å². The molecule has 0 bridgehead atoms. The van der Waals surface area contributed by atoms with E-state index in [-0.39, 0.29) is 6.61 Å². The smallest absolute Gasteiger partial charge is 0.123 e. The number of likely N-dealkylation sites (tertiary alicyclic amines) is 1. The van der Waals surface area contributed by atoms with Crippen LogP contribution in [0.25, 0.3) is 0 Å². The Morgan fingerprint density at radius 2 is 2.10 bits per heavy atom. The molecule has 1 aliphatic rings. The summed E-state index contributed by atoms with van der Waals surface area (Å²) < 4.78 is 5.44. The summed E-state index contributed by atoms with van der Waals surface area (Å²) in [5.41, 5.74) is 2.10. The number of aliphatic hydroxyl groups excluding tert-OH is 1. The van der Waals surface area contributed by atoms with Crippen molar-refractivity contribution in [3.63, 3.8) is 0 Å². The van der Waals surface area contributed by atoms with Crippen LogP contribution >= 0.6 is 0 Å². The molecule has 0 aromatic heterocycles. The summed E-state index contributed by atoms with van der Waals surface area (Å²) >= 11 is 0. The lowest BCUT2D eigenvalue weighted by Gasteiger charge is -2.30. The number of rotatable bonds is 3. The minimum Gasteiger partial charge on any atom is -0.496 e. The van der Waals surface area contributed by atoms with E-state index in [4.69, 9.17) is 9.84 Å². The molecule has 0 amide bonds. The maximum atomic E-state index is 8.78. The maximum absolute atomic E-state index is 8.78. The van der Waals surface area contributed by atoms with E-state index < -0.39 is 0 Å². The highest BCUT2D eigenvalue weighted by molar-refractivity contribution is 5.44. The molecule has 1 N–H and O–H groups in total. The van der Waals surface area contributed by atoms with Crippen LogP contribution in [0.2, 0.25) is 0 Å². The number of aliphatic hydroxyl groups is 1. The van der Waals surface area contributed by atoms with Gasteiger partial charge in [0.1, 0.15) is 12.4 Å². The molecule has 1 heterocycles. The van der Waals surface area contributed by atoms with Gasteiger partial charge in [-0.25, -0.2) is 0 Å². The van der Waals surface area contributed by atoms with E-state index in [2.05, 4.69) is 29.7 Å². The van der Waals surface area contributed by atoms with E-state index >= 15 is 0 Å². The number of nitrogens with zero attached hydrogens (tertiary/aromatic N) is 1. The largest absolute Gasteiger partial charge is 0.496 e. The molecule has 108 valence electrons. The molecule has 0 spiro atoms. The Balaban J connectivity index is 2.11. The fourth-order valence-corrected chi connectivity index (χ4v) is 2.58. The molecule has 0 aliphatic carbocycles. The molecule has 0 unspecified atom stereocenters. The van der Waals surface area contributed by atoms with Crippen LogP contribution < -0.4 is 4.74 Å². The van der Waals surface area contributed by atoms with Crippen LogP contribution in [-0.4, -0.2) is 36.8 Å². The van der Waals surface area contributed by atoms with Gasteiger partial charge in [-0.15, -0.1) is 0 Å². The van der Waals surface area contributed by atoms with Gasteiger partial charge in [0.25, 0.3) is 0 Å². The average molecular weight is 273 g/mol. The number of hydrogen-bond donors (Lipinski definition) is 1. The average Bonchev–Trinajstić information content (AvgIpc) is 2.48. The zero-order valence-corrected chi connectivity index (χ0v) is 12.4. The van der Waals surface area contributed by atoms with Gasteiger partial charge in [0, 0.05) is 17.7 Å². The van der Waals surface area contributed by atoms with Crippen molar-refractivity contribution in [3.8, 4) is 17.6 Å². The zero-order valence-electron chi connectivity index (χ0n) is 12.4. The Bertz CT molecular complexity index is 493. The molecular formula is C17H23NO2. The van der Waals surface area contributed by atoms with Gasteiger partial charge >= 0.3 is 0 Å². The minimum atomic E-state index is -0.106. The minimum absolute atomic E-state index is 0.106. The van der Waals surface area contributed by atoms with Crippen LogP contribution in [0.5, 0.6) is 5.75 Å². The molecular weight excluding hydrogens is 250 g/mol. The van der Waals surface area contributed by atoms with E-state index in [1.165, 1.54) is 18.4 Å². The lowest BCUT2D eigenvalue weighted by atomic mass is 9.98. The summed E-state index contributed by atoms with van der Waals surface area (Å²) in [5, 5.41) is 8.78. The molecule has 0 saturated carbocycles. The van der Waals surface area contributed by atoms with Gasteiger partial charge in [0.05, 0.1) is 7.11 Å². The van der Waals surface area contributed by atoms with Crippen LogP contribution in [-0.2, 0) is 6.54 Å². The third-order valence-corrected chi connectivity index (χ3v) is 3.86. The fraction of sp³-hybridized carbons (Fsp3) is 0.529. The summed E-state index contributed by atoms with van der Waals surface area (Å²) in [4.78, 5) is 2.47. The first-order chi connectivity index (χ1) is 9.72. The molecule has 1 aromatic rings. The van der Waals surface area contributed by atoms with Crippen LogP contribution in [0, 0.1) is 17.8 Å². The molecule has 0 atom stereocenters. The van der Waals surface area contributed by atoms with Crippen molar-refractivity contribution in [2.45, 2.75) is 26.3 Å². The molecule has 1 aliphatic heterocycles. The molecule has 1 aromatic carbocycles. The van der Waals surface area contributed by atoms with Crippen molar-refractivity contribution in [1.29, 1.82) is 0 Å². The third-order valence-electron chi connectivity index (χ3n) is 3.86. The highest BCUT2D eigenvalue weighted by atomic mass is 16.5. The van der Waals surface area contributed by atoms with Crippen LogP contribution in [0.1, 0.15) is 30.9 Å². The van der Waals surface area contributed by atoms with Crippen molar-refractivity contribution in [3.05, 3.63) is 29.3 Å². The Morgan fingerprint density at radius 1 is 1.35 bits per heavy atom. The van der Waals surface area contributed by atoms with Gasteiger partial charge in [-0.3, -0.25) is 4.90 Å². The molecule has 2 rings (SSSR count). The topological polar surface area (TPSA) is 32.7 Å². The summed E-state index contributed by atoms with van der Waals surface area (Å²) in [7, 11) is 1.70. The van der Waals surface area contributed by atoms with Gasteiger partial charge in [-0.2, -0.15) is 0 Å². The standard InChI is InChI=1S/C17H23NO2/c1-14-7-9-18(10-8-14)13-16-12-15(4-3-11-19)5-6-17(16)20-2/h5-6,12,14,19H,7-11,13H2,1-2H3. The van der Waals surface area contributed by atoms with Crippen molar-refractivity contribution in [2.75, 3.05) is 26.8 Å². The Hall–Kier alpha value is -1.50. The molecule has 3 nitrogen and oxygen atoms in total. The lowest BCUT2D eigenvalue weighted by Crippen LogP contribution is -2.32. The number of hydrogen-bond acceptors (Lipinski definition) is 3. The maximum Gasteiger partial charge on any atom is 0.123 e. The number of methoxy groups -OCH3 is 1. The Kier molecular flexibility index (Phi) is 5.46. The predicted octanol–water partition coefficient (Wildman–Crippen LogP) is 2.27. The monoisotopic (exact) mass is 273 g/mol. The summed E-state index contributed by atoms with van der Waals surface area (Å²) in [6.07, 6.45) is 2.54. The lowest BCUT2D eigenvalue weighted by molar-refractivity contribution is 0.183. The van der Waals surface area contributed by atoms with Gasteiger partial charge in [-0.1, -0.05) is 18.8 Å². The second-order valence-corrected chi connectivity index (χ2v) is 5.45. The Labute approximate surface area is 121 Å². The van der Waals surface area contributed by atoms with Crippen molar-refractivity contribution in [1.82, 2.24) is 4.90 Å². The highest BCUT2D eigenvalue weighted by Gasteiger charge is 2.17. The Morgan fingerprint density at radius 3 is 2.75 bits per heavy atom. The summed E-state index contributed by atoms with van der Waals surface area (Å²) in [6.45, 7) is 5.42. The number of piperidine rings is 1. The zero-order chi connectivity index (χ0) is 14.4. The van der Waals surface area contributed by atoms with Crippen molar-refractivity contribution >= 4 is 0 Å². The molecule has 1 saturated heterocycles. The second kappa shape index (κ2) is 7.33. The second-order valence-electron chi connectivity index (χ2n) is 5.45. The quantitative estimate of drug-likeness (QED) is 0.858. The van der Waals surface area contributed by atoms with Gasteiger partial charge < -0.3 is 9.84 Å². The normalized spacial score (nSPS) is 16.6. The summed E-state index contributed by atoms with van der Waals surface area (Å²) in [6, 6.07) is 5.96. The highest BCUT2D eigenvalue weighted by Crippen LogP contribution is 2.24. The van der Waals surface area contributed by atoms with Gasteiger partial charge in [-0.05, 0) is 50.0 Å². The van der Waals surface area contributed by atoms with E-state index in [9.17, 15) is 0 Å². The molecule has 3 heteroatoms. The SMILES string of the molecule is COc1ccc(C#CCO)cc1CN1CCC(C)CC1. The predicted molar refractivity (Wildman–Crippen MR) is 80.6 cm³/mol. The number of benzene rings is 1. The third kappa shape index (κ3) is 4.00. The molecule has 20 heavy (non-hydrogen) atoms. The first-order valence-corrected chi connectivity index (χ1v) is 7.22. The van der Waals surface area contributed by atoms with Crippen molar-refractivity contribution in [2.24, 2.45) is 5.92 Å². The van der Waals surface area contributed by atoms with Crippen LogP contribution in [0.4, 0.5) is 0 Å². The van der Waals surface area contributed by atoms with E-state index in [0.29, 0.717) is 0 Å². The number of ether oxygens (including phenoxy) is 1. The van der Waals surface area contributed by atoms with E-state index in [0.717, 1.165) is 36.9 Å². The van der Waals surface area contributed by atoms with Gasteiger partial charge in [0.15, 0.2) is 0 Å². The van der Waals surface area contributed by atoms with E-state index in [1.807, 2.05) is 12.1 Å². The molecule has 1 fully saturated rings. The van der Waals surface area contributed by atoms with Gasteiger partial charge in [0.2, 0.25) is 0 Å². The van der Waals surface area contributed by atoms with E-state index in [1.54, 1.807) is 7.11 Å². The first kappa shape index (κ1) is 14.9. The van der Waals surface area contributed by atoms with Crippen LogP contribution in [0.15, 0.2) is 18.2 Å².